The molecule has 4 saturated carbocycles. The standard InChI is InChI=1S/C17H30N2/c1-2-19-5-3-4-16(11-19)18-17-14-7-12-6-13(9-14)10-15(17)8-12/h12-18H,2-11H2,1H3. The van der Waals surface area contributed by atoms with E-state index in [1.165, 1.54) is 32.5 Å². The molecule has 4 bridgehead atoms. The van der Waals surface area contributed by atoms with Gasteiger partial charge in [-0.1, -0.05) is 6.92 Å². The molecule has 0 radical (unpaired) electrons. The largest absolute Gasteiger partial charge is 0.309 e. The molecule has 0 aromatic carbocycles. The van der Waals surface area contributed by atoms with Crippen molar-refractivity contribution < 1.29 is 0 Å². The third-order valence-corrected chi connectivity index (χ3v) is 6.61. The van der Waals surface area contributed by atoms with Gasteiger partial charge in [0.2, 0.25) is 0 Å². The Balaban J connectivity index is 1.40. The van der Waals surface area contributed by atoms with Crippen molar-refractivity contribution in [3.05, 3.63) is 0 Å². The highest BCUT2D eigenvalue weighted by Gasteiger charge is 2.48. The number of hydrogen-bond acceptors (Lipinski definition) is 2. The molecule has 5 rings (SSSR count). The molecule has 4 aliphatic carbocycles. The lowest BCUT2D eigenvalue weighted by Crippen LogP contribution is -2.59. The Kier molecular flexibility index (Phi) is 3.35. The van der Waals surface area contributed by atoms with Crippen molar-refractivity contribution in [1.29, 1.82) is 0 Å². The summed E-state index contributed by atoms with van der Waals surface area (Å²) in [4.78, 5) is 2.64. The van der Waals surface area contributed by atoms with Crippen LogP contribution in [0.4, 0.5) is 0 Å². The maximum absolute atomic E-state index is 4.12. The van der Waals surface area contributed by atoms with Crippen LogP contribution in [0.3, 0.4) is 0 Å². The van der Waals surface area contributed by atoms with Crippen LogP contribution in [0.25, 0.3) is 0 Å². The molecule has 0 aromatic heterocycles. The fourth-order valence-corrected chi connectivity index (χ4v) is 5.95. The molecule has 2 heteroatoms. The molecule has 1 aliphatic heterocycles. The topological polar surface area (TPSA) is 15.3 Å². The van der Waals surface area contributed by atoms with Crippen molar-refractivity contribution in [2.75, 3.05) is 19.6 Å². The van der Waals surface area contributed by atoms with Crippen molar-refractivity contribution in [3.8, 4) is 0 Å². The van der Waals surface area contributed by atoms with Crippen LogP contribution in [0.15, 0.2) is 0 Å². The molecule has 5 aliphatic rings. The highest BCUT2D eigenvalue weighted by atomic mass is 15.2. The summed E-state index contributed by atoms with van der Waals surface area (Å²) in [6, 6.07) is 1.67. The summed E-state index contributed by atoms with van der Waals surface area (Å²) in [6.07, 6.45) is 10.6. The van der Waals surface area contributed by atoms with Gasteiger partial charge in [0.05, 0.1) is 0 Å². The number of likely N-dealkylation sites (tertiary alicyclic amines) is 1. The molecule has 108 valence electrons. The van der Waals surface area contributed by atoms with Crippen LogP contribution in [-0.2, 0) is 0 Å². The van der Waals surface area contributed by atoms with Gasteiger partial charge < -0.3 is 10.2 Å². The lowest BCUT2D eigenvalue weighted by atomic mass is 9.54. The molecule has 1 atom stereocenters. The van der Waals surface area contributed by atoms with Crippen molar-refractivity contribution >= 4 is 0 Å². The van der Waals surface area contributed by atoms with E-state index in [2.05, 4.69) is 17.1 Å². The molecule has 0 amide bonds. The molecule has 5 fully saturated rings. The van der Waals surface area contributed by atoms with E-state index >= 15 is 0 Å². The summed E-state index contributed by atoms with van der Waals surface area (Å²) in [5.41, 5.74) is 0. The Hall–Kier alpha value is -0.0800. The Labute approximate surface area is 118 Å². The number of nitrogens with zero attached hydrogens (tertiary/aromatic N) is 1. The summed E-state index contributed by atoms with van der Waals surface area (Å²) in [7, 11) is 0. The van der Waals surface area contributed by atoms with E-state index in [9.17, 15) is 0 Å². The highest BCUT2D eigenvalue weighted by Crippen LogP contribution is 2.53. The van der Waals surface area contributed by atoms with E-state index in [-0.39, 0.29) is 0 Å². The molecule has 1 heterocycles. The van der Waals surface area contributed by atoms with Crippen molar-refractivity contribution in [2.24, 2.45) is 23.7 Å². The van der Waals surface area contributed by atoms with Crippen LogP contribution in [0.5, 0.6) is 0 Å². The van der Waals surface area contributed by atoms with Crippen LogP contribution >= 0.6 is 0 Å². The molecular weight excluding hydrogens is 232 g/mol. The average molecular weight is 262 g/mol. The summed E-state index contributed by atoms with van der Waals surface area (Å²) in [6.45, 7) is 6.18. The van der Waals surface area contributed by atoms with Gasteiger partial charge in [0, 0.05) is 18.6 Å². The highest BCUT2D eigenvalue weighted by molar-refractivity contribution is 5.02. The number of piperidine rings is 1. The second-order valence-electron chi connectivity index (χ2n) is 7.86. The third-order valence-electron chi connectivity index (χ3n) is 6.61. The SMILES string of the molecule is CCN1CCCC(NC2C3CC4CC(C3)CC2C4)C1. The Morgan fingerprint density at radius 2 is 1.68 bits per heavy atom. The minimum absolute atomic E-state index is 0.788. The molecular formula is C17H30N2. The zero-order chi connectivity index (χ0) is 12.8. The molecule has 1 N–H and O–H groups in total. The van der Waals surface area contributed by atoms with Crippen LogP contribution in [-0.4, -0.2) is 36.6 Å². The molecule has 0 spiro atoms. The summed E-state index contributed by atoms with van der Waals surface area (Å²) in [5.74, 6) is 4.29. The second-order valence-corrected chi connectivity index (χ2v) is 7.86. The maximum Gasteiger partial charge on any atom is 0.0198 e. The van der Waals surface area contributed by atoms with Gasteiger partial charge in [-0.05, 0) is 81.7 Å². The summed E-state index contributed by atoms with van der Waals surface area (Å²) >= 11 is 0. The first kappa shape index (κ1) is 12.6. The van der Waals surface area contributed by atoms with Crippen LogP contribution < -0.4 is 5.32 Å². The number of nitrogens with one attached hydrogen (secondary N) is 1. The Morgan fingerprint density at radius 1 is 1.00 bits per heavy atom. The van der Waals surface area contributed by atoms with Crippen LogP contribution in [0.1, 0.15) is 51.9 Å². The van der Waals surface area contributed by atoms with Crippen LogP contribution in [0, 0.1) is 23.7 Å². The first-order valence-electron chi connectivity index (χ1n) is 8.80. The summed E-state index contributed by atoms with van der Waals surface area (Å²) in [5, 5.41) is 4.12. The van der Waals surface area contributed by atoms with Crippen molar-refractivity contribution in [3.63, 3.8) is 0 Å². The van der Waals surface area contributed by atoms with Gasteiger partial charge in [-0.2, -0.15) is 0 Å². The smallest absolute Gasteiger partial charge is 0.0198 e. The maximum atomic E-state index is 4.12. The Bertz CT molecular complexity index is 299. The van der Waals surface area contributed by atoms with E-state index < -0.39 is 0 Å². The van der Waals surface area contributed by atoms with Gasteiger partial charge >= 0.3 is 0 Å². The Morgan fingerprint density at radius 3 is 2.32 bits per heavy atom. The zero-order valence-corrected chi connectivity index (χ0v) is 12.5. The summed E-state index contributed by atoms with van der Waals surface area (Å²) < 4.78 is 0. The van der Waals surface area contributed by atoms with Crippen LogP contribution in [0.2, 0.25) is 0 Å². The normalized spacial score (nSPS) is 49.7. The average Bonchev–Trinajstić information content (AvgIpc) is 2.42. The fourth-order valence-electron chi connectivity index (χ4n) is 5.95. The number of rotatable bonds is 3. The van der Waals surface area contributed by atoms with E-state index in [4.69, 9.17) is 0 Å². The lowest BCUT2D eigenvalue weighted by molar-refractivity contribution is -0.0210. The molecule has 19 heavy (non-hydrogen) atoms. The monoisotopic (exact) mass is 262 g/mol. The second kappa shape index (κ2) is 5.04. The zero-order valence-electron chi connectivity index (χ0n) is 12.5. The quantitative estimate of drug-likeness (QED) is 0.841. The number of hydrogen-bond donors (Lipinski definition) is 1. The minimum Gasteiger partial charge on any atom is -0.309 e. The fraction of sp³-hybridized carbons (Fsp3) is 1.00. The van der Waals surface area contributed by atoms with E-state index in [1.807, 2.05) is 0 Å². The van der Waals surface area contributed by atoms with Gasteiger partial charge in [0.25, 0.3) is 0 Å². The van der Waals surface area contributed by atoms with Crippen molar-refractivity contribution in [2.45, 2.75) is 64.0 Å². The third kappa shape index (κ3) is 2.35. The predicted octanol–water partition coefficient (Wildman–Crippen LogP) is 2.89. The molecule has 1 unspecified atom stereocenters. The first-order valence-corrected chi connectivity index (χ1v) is 8.80. The van der Waals surface area contributed by atoms with Crippen molar-refractivity contribution in [1.82, 2.24) is 10.2 Å². The van der Waals surface area contributed by atoms with Gasteiger partial charge in [-0.3, -0.25) is 0 Å². The van der Waals surface area contributed by atoms with E-state index in [0.717, 1.165) is 35.8 Å². The van der Waals surface area contributed by atoms with Gasteiger partial charge in [-0.25, -0.2) is 0 Å². The van der Waals surface area contributed by atoms with Gasteiger partial charge in [0.15, 0.2) is 0 Å². The molecule has 1 saturated heterocycles. The van der Waals surface area contributed by atoms with E-state index in [1.54, 1.807) is 32.1 Å². The predicted molar refractivity (Wildman–Crippen MR) is 79.1 cm³/mol. The molecule has 0 aromatic rings. The lowest BCUT2D eigenvalue weighted by Gasteiger charge is -2.55. The number of likely N-dealkylation sites (N-methyl/N-ethyl adjacent to an activating group) is 1. The minimum atomic E-state index is 0.788. The van der Waals surface area contributed by atoms with Gasteiger partial charge in [0.1, 0.15) is 0 Å². The molecule has 2 nitrogen and oxygen atoms in total. The van der Waals surface area contributed by atoms with E-state index in [0.29, 0.717) is 0 Å². The first-order chi connectivity index (χ1) is 9.31. The van der Waals surface area contributed by atoms with Gasteiger partial charge in [-0.15, -0.1) is 0 Å².